The van der Waals surface area contributed by atoms with E-state index >= 15 is 0 Å². The van der Waals surface area contributed by atoms with Crippen LogP contribution in [0, 0.1) is 0 Å². The summed E-state index contributed by atoms with van der Waals surface area (Å²) < 4.78 is 31.4. The van der Waals surface area contributed by atoms with E-state index in [1.165, 1.54) is 18.2 Å². The minimum absolute atomic E-state index is 0.0347. The second-order valence-corrected chi connectivity index (χ2v) is 13.9. The molecule has 3 N–H and O–H groups in total. The average Bonchev–Trinajstić information content (AvgIpc) is 3.37. The number of benzene rings is 4. The molecule has 0 aliphatic heterocycles. The molecular formula is C33H26BrCl2N3O4S. The Balaban J connectivity index is 1.52. The Morgan fingerprint density at radius 1 is 0.955 bits per heavy atom. The molecule has 0 aliphatic rings. The van der Waals surface area contributed by atoms with Crippen molar-refractivity contribution < 1.29 is 13.5 Å². The molecule has 2 heterocycles. The average molecular weight is 711 g/mol. The molecule has 7 nitrogen and oxygen atoms in total. The van der Waals surface area contributed by atoms with Gasteiger partial charge in [-0.05, 0) is 66.1 Å². The molecule has 0 fully saturated rings. The van der Waals surface area contributed by atoms with Crippen molar-refractivity contribution in [3.63, 3.8) is 0 Å². The van der Waals surface area contributed by atoms with Crippen molar-refractivity contribution in [1.82, 2.24) is 14.3 Å². The number of hydrogen-bond donors (Lipinski definition) is 3. The monoisotopic (exact) mass is 709 g/mol. The van der Waals surface area contributed by atoms with E-state index in [4.69, 9.17) is 23.2 Å². The summed E-state index contributed by atoms with van der Waals surface area (Å²) in [7, 11) is -2.29. The second kappa shape index (κ2) is 12.1. The van der Waals surface area contributed by atoms with Crippen LogP contribution in [0.4, 0.5) is 0 Å². The molecule has 0 saturated carbocycles. The fraction of sp³-hybridized carbons (Fsp3) is 0.121. The van der Waals surface area contributed by atoms with Gasteiger partial charge in [-0.3, -0.25) is 4.79 Å². The normalized spacial score (nSPS) is 12.6. The van der Waals surface area contributed by atoms with Crippen LogP contribution in [0.25, 0.3) is 21.8 Å². The van der Waals surface area contributed by atoms with Crippen LogP contribution < -0.4 is 10.3 Å². The molecule has 0 radical (unpaired) electrons. The smallest absolute Gasteiger partial charge is 0.258 e. The van der Waals surface area contributed by atoms with Crippen molar-refractivity contribution in [1.29, 1.82) is 0 Å². The number of fused-ring (bicyclic) bond motifs is 2. The summed E-state index contributed by atoms with van der Waals surface area (Å²) in [4.78, 5) is 17.4. The van der Waals surface area contributed by atoms with Gasteiger partial charge in [-0.25, -0.2) is 13.1 Å². The lowest BCUT2D eigenvalue weighted by molar-refractivity contribution is 0.470. The Labute approximate surface area is 272 Å². The lowest BCUT2D eigenvalue weighted by Gasteiger charge is -2.22. The number of pyridine rings is 1. The van der Waals surface area contributed by atoms with Crippen LogP contribution in [0.3, 0.4) is 0 Å². The maximum atomic E-state index is 14.0. The second-order valence-electron chi connectivity index (χ2n) is 10.4. The Kier molecular flexibility index (Phi) is 8.34. The topological polar surface area (TPSA) is 104 Å². The SMILES string of the molecule is Cn1c(=O)c(C(c2cccc(Br)c2)c2[nH]c3ccccc3c2CCNS(=O)(=O)c2cc(Cl)ccc2Cl)c(O)c2ccccc21. The van der Waals surface area contributed by atoms with Gasteiger partial charge in [0.1, 0.15) is 10.6 Å². The molecule has 0 bridgehead atoms. The quantitative estimate of drug-likeness (QED) is 0.152. The first kappa shape index (κ1) is 30.4. The van der Waals surface area contributed by atoms with Crippen molar-refractivity contribution >= 4 is 71.0 Å². The molecule has 11 heteroatoms. The predicted octanol–water partition coefficient (Wildman–Crippen LogP) is 7.50. The summed E-state index contributed by atoms with van der Waals surface area (Å²) in [5, 5.41) is 13.4. The van der Waals surface area contributed by atoms with Crippen LogP contribution in [-0.4, -0.2) is 29.6 Å². The van der Waals surface area contributed by atoms with Gasteiger partial charge in [-0.15, -0.1) is 0 Å². The van der Waals surface area contributed by atoms with Gasteiger partial charge in [0.05, 0.1) is 22.0 Å². The molecule has 224 valence electrons. The summed E-state index contributed by atoms with van der Waals surface area (Å²) >= 11 is 15.8. The summed E-state index contributed by atoms with van der Waals surface area (Å²) in [5.41, 5.74) is 3.54. The summed E-state index contributed by atoms with van der Waals surface area (Å²) in [5.74, 6) is -0.813. The Morgan fingerprint density at radius 3 is 2.45 bits per heavy atom. The number of aromatic hydroxyl groups is 1. The maximum absolute atomic E-state index is 14.0. The van der Waals surface area contributed by atoms with Crippen molar-refractivity contribution in [2.75, 3.05) is 6.54 Å². The van der Waals surface area contributed by atoms with Gasteiger partial charge in [-0.2, -0.15) is 0 Å². The third kappa shape index (κ3) is 5.55. The first-order chi connectivity index (χ1) is 21.1. The van der Waals surface area contributed by atoms with Crippen LogP contribution in [0.1, 0.15) is 28.3 Å². The van der Waals surface area contributed by atoms with E-state index in [1.54, 1.807) is 23.7 Å². The van der Waals surface area contributed by atoms with Crippen LogP contribution >= 0.6 is 39.1 Å². The first-order valence-corrected chi connectivity index (χ1v) is 16.7. The molecule has 6 aromatic rings. The third-order valence-corrected chi connectivity index (χ3v) is 10.4. The van der Waals surface area contributed by atoms with E-state index in [9.17, 15) is 18.3 Å². The molecule has 1 unspecified atom stereocenters. The van der Waals surface area contributed by atoms with Crippen LogP contribution in [-0.2, 0) is 23.5 Å². The highest BCUT2D eigenvalue weighted by atomic mass is 79.9. The zero-order valence-electron chi connectivity index (χ0n) is 23.3. The largest absolute Gasteiger partial charge is 0.507 e. The lowest BCUT2D eigenvalue weighted by atomic mass is 9.85. The molecule has 0 aliphatic carbocycles. The van der Waals surface area contributed by atoms with Gasteiger partial charge in [0.25, 0.3) is 5.56 Å². The standard InChI is InChI=1S/C33H26BrCl2N3O4S/c1-39-27-12-5-3-10-24(27)32(40)30(33(39)41)29(19-7-6-8-20(34)17-19)31-23(22-9-2-4-11-26(22)38-31)15-16-37-44(42,43)28-18-21(35)13-14-25(28)36/h2-14,17-18,29,37-38,40H,15-16H2,1H3. The van der Waals surface area contributed by atoms with E-state index in [1.807, 2.05) is 60.7 Å². The summed E-state index contributed by atoms with van der Waals surface area (Å²) in [6.45, 7) is 0.0347. The number of halogens is 3. The Bertz CT molecular complexity index is 2230. The number of rotatable bonds is 8. The van der Waals surface area contributed by atoms with Gasteiger partial charge >= 0.3 is 0 Å². The van der Waals surface area contributed by atoms with Gasteiger partial charge in [-0.1, -0.05) is 81.6 Å². The van der Waals surface area contributed by atoms with E-state index in [0.717, 1.165) is 26.5 Å². The summed E-state index contributed by atoms with van der Waals surface area (Å²) in [6, 6.07) is 26.7. The van der Waals surface area contributed by atoms with Crippen molar-refractivity contribution in [3.8, 4) is 5.75 Å². The first-order valence-electron chi connectivity index (χ1n) is 13.7. The van der Waals surface area contributed by atoms with Crippen LogP contribution in [0.5, 0.6) is 5.75 Å². The Hall–Kier alpha value is -3.60. The highest BCUT2D eigenvalue weighted by molar-refractivity contribution is 9.10. The number of para-hydroxylation sites is 2. The molecule has 44 heavy (non-hydrogen) atoms. The molecule has 1 atom stereocenters. The van der Waals surface area contributed by atoms with E-state index in [0.29, 0.717) is 16.6 Å². The number of hydrogen-bond acceptors (Lipinski definition) is 4. The number of aromatic nitrogens is 2. The minimum atomic E-state index is -3.98. The van der Waals surface area contributed by atoms with Gasteiger partial charge in [0, 0.05) is 45.1 Å². The van der Waals surface area contributed by atoms with E-state index in [2.05, 4.69) is 25.6 Å². The molecule has 4 aromatic carbocycles. The van der Waals surface area contributed by atoms with Crippen molar-refractivity contribution in [3.05, 3.63) is 138 Å². The molecule has 0 amide bonds. The van der Waals surface area contributed by atoms with Crippen molar-refractivity contribution in [2.24, 2.45) is 7.05 Å². The number of aromatic amines is 1. The fourth-order valence-electron chi connectivity index (χ4n) is 5.73. The van der Waals surface area contributed by atoms with Crippen LogP contribution in [0.2, 0.25) is 10.0 Å². The highest BCUT2D eigenvalue weighted by Crippen LogP contribution is 2.41. The van der Waals surface area contributed by atoms with Crippen LogP contribution in [0.15, 0.2) is 105 Å². The predicted molar refractivity (Wildman–Crippen MR) is 180 cm³/mol. The Morgan fingerprint density at radius 2 is 1.68 bits per heavy atom. The zero-order valence-corrected chi connectivity index (χ0v) is 27.2. The molecule has 0 spiro atoms. The van der Waals surface area contributed by atoms with Crippen molar-refractivity contribution in [2.45, 2.75) is 17.2 Å². The zero-order chi connectivity index (χ0) is 31.2. The molecule has 6 rings (SSSR count). The molecule has 2 aromatic heterocycles. The van der Waals surface area contributed by atoms with Gasteiger partial charge in [0.15, 0.2) is 0 Å². The number of nitrogens with one attached hydrogen (secondary N) is 2. The van der Waals surface area contributed by atoms with Gasteiger partial charge in [0.2, 0.25) is 10.0 Å². The number of nitrogens with zero attached hydrogens (tertiary/aromatic N) is 1. The van der Waals surface area contributed by atoms with E-state index in [-0.39, 0.29) is 44.8 Å². The number of H-pyrrole nitrogens is 1. The number of aryl methyl sites for hydroxylation is 1. The maximum Gasteiger partial charge on any atom is 0.258 e. The molecular weight excluding hydrogens is 685 g/mol. The minimum Gasteiger partial charge on any atom is -0.507 e. The lowest BCUT2D eigenvalue weighted by Crippen LogP contribution is -2.27. The highest BCUT2D eigenvalue weighted by Gasteiger charge is 2.30. The van der Waals surface area contributed by atoms with E-state index < -0.39 is 15.9 Å². The number of sulfonamides is 1. The van der Waals surface area contributed by atoms with Gasteiger partial charge < -0.3 is 14.7 Å². The fourth-order valence-corrected chi connectivity index (χ4v) is 7.94. The third-order valence-electron chi connectivity index (χ3n) is 7.77. The molecule has 0 saturated heterocycles. The summed E-state index contributed by atoms with van der Waals surface area (Å²) in [6.07, 6.45) is 0.274.